The van der Waals surface area contributed by atoms with Crippen LogP contribution in [0.15, 0.2) is 18.2 Å². The van der Waals surface area contributed by atoms with E-state index in [1.807, 2.05) is 19.9 Å². The van der Waals surface area contributed by atoms with Crippen LogP contribution in [-0.4, -0.2) is 17.0 Å². The molecular weight excluding hydrogens is 236 g/mol. The number of aliphatic hydroxyl groups is 1. The van der Waals surface area contributed by atoms with Crippen LogP contribution in [0.1, 0.15) is 49.8 Å². The highest BCUT2D eigenvalue weighted by Gasteiger charge is 2.23. The van der Waals surface area contributed by atoms with Crippen molar-refractivity contribution in [3.8, 4) is 0 Å². The first-order valence-corrected chi connectivity index (χ1v) is 7.47. The van der Waals surface area contributed by atoms with Crippen molar-refractivity contribution < 1.29 is 9.90 Å². The van der Waals surface area contributed by atoms with Gasteiger partial charge in [-0.05, 0) is 41.9 Å². The number of hydrogen-bond donors (Lipinski definition) is 1. The van der Waals surface area contributed by atoms with Crippen LogP contribution in [0.5, 0.6) is 0 Å². The van der Waals surface area contributed by atoms with E-state index in [4.69, 9.17) is 0 Å². The number of carbonyl (C=O) groups excluding carboxylic acids is 1. The third-order valence-electron chi connectivity index (χ3n) is 4.37. The lowest BCUT2D eigenvalue weighted by Crippen LogP contribution is -2.30. The maximum Gasteiger partial charge on any atom is 0.165 e. The lowest BCUT2D eigenvalue weighted by molar-refractivity contribution is -0.129. The molecule has 0 saturated heterocycles. The number of ketones is 1. The Bertz CT molecular complexity index is 447. The monoisotopic (exact) mass is 260 g/mol. The van der Waals surface area contributed by atoms with E-state index >= 15 is 0 Å². The number of aryl methyl sites for hydroxylation is 2. The second-order valence-electron chi connectivity index (χ2n) is 5.62. The highest BCUT2D eigenvalue weighted by atomic mass is 16.3. The molecular formula is C17H24O2. The Labute approximate surface area is 115 Å². The molecule has 0 fully saturated rings. The third kappa shape index (κ3) is 3.24. The summed E-state index contributed by atoms with van der Waals surface area (Å²) in [6.07, 6.45) is 4.80. The predicted molar refractivity (Wildman–Crippen MR) is 77.3 cm³/mol. The molecule has 0 saturated carbocycles. The fourth-order valence-corrected chi connectivity index (χ4v) is 3.04. The van der Waals surface area contributed by atoms with Gasteiger partial charge in [-0.3, -0.25) is 4.79 Å². The molecule has 1 aromatic rings. The molecule has 1 aliphatic rings. The molecule has 1 aliphatic carbocycles. The normalized spacial score (nSPS) is 15.6. The fraction of sp³-hybridized carbons (Fsp3) is 0.588. The number of aliphatic hydroxyl groups excluding tert-OH is 1. The second-order valence-corrected chi connectivity index (χ2v) is 5.62. The topological polar surface area (TPSA) is 37.3 Å². The average Bonchev–Trinajstić information content (AvgIpc) is 2.87. The Balaban J connectivity index is 2.02. The smallest absolute Gasteiger partial charge is 0.165 e. The summed E-state index contributed by atoms with van der Waals surface area (Å²) in [5.41, 5.74) is 3.87. The molecule has 2 rings (SSSR count). The molecule has 1 N–H and O–H groups in total. The zero-order valence-electron chi connectivity index (χ0n) is 12.0. The van der Waals surface area contributed by atoms with E-state index in [1.165, 1.54) is 24.0 Å². The van der Waals surface area contributed by atoms with Gasteiger partial charge in [0.15, 0.2) is 5.78 Å². The largest absolute Gasteiger partial charge is 0.385 e. The van der Waals surface area contributed by atoms with Crippen molar-refractivity contribution in [2.24, 2.45) is 5.92 Å². The number of benzene rings is 1. The molecule has 0 bridgehead atoms. The van der Waals surface area contributed by atoms with Gasteiger partial charge in [0, 0.05) is 6.42 Å². The van der Waals surface area contributed by atoms with Crippen LogP contribution in [0, 0.1) is 5.92 Å². The Morgan fingerprint density at radius 2 is 1.89 bits per heavy atom. The van der Waals surface area contributed by atoms with Crippen molar-refractivity contribution >= 4 is 5.78 Å². The first kappa shape index (κ1) is 14.3. The minimum absolute atomic E-state index is 0.0355. The van der Waals surface area contributed by atoms with Crippen LogP contribution >= 0.6 is 0 Å². The minimum Gasteiger partial charge on any atom is -0.385 e. The Hall–Kier alpha value is -1.15. The molecule has 0 radical (unpaired) electrons. The molecule has 0 spiro atoms. The van der Waals surface area contributed by atoms with Crippen LogP contribution in [0.2, 0.25) is 0 Å². The number of fused-ring (bicyclic) bond motifs is 1. The maximum absolute atomic E-state index is 12.1. The molecule has 1 aromatic carbocycles. The zero-order valence-corrected chi connectivity index (χ0v) is 12.0. The van der Waals surface area contributed by atoms with Crippen LogP contribution in [0.25, 0.3) is 0 Å². The van der Waals surface area contributed by atoms with Gasteiger partial charge in [-0.2, -0.15) is 0 Å². The molecule has 2 nitrogen and oxygen atoms in total. The van der Waals surface area contributed by atoms with Crippen LogP contribution in [-0.2, 0) is 24.1 Å². The summed E-state index contributed by atoms with van der Waals surface area (Å²) in [5, 5.41) is 10.1. The van der Waals surface area contributed by atoms with E-state index in [2.05, 4.69) is 12.1 Å². The number of Topliss-reactive ketones (excluding diaryl/α,β-unsaturated/α-hetero) is 1. The quantitative estimate of drug-likeness (QED) is 0.853. The highest BCUT2D eigenvalue weighted by molar-refractivity contribution is 5.85. The maximum atomic E-state index is 12.1. The fourth-order valence-electron chi connectivity index (χ4n) is 3.04. The third-order valence-corrected chi connectivity index (χ3v) is 4.37. The molecule has 2 heteroatoms. The average molecular weight is 260 g/mol. The van der Waals surface area contributed by atoms with Crippen molar-refractivity contribution in [1.82, 2.24) is 0 Å². The zero-order chi connectivity index (χ0) is 13.8. The van der Waals surface area contributed by atoms with Gasteiger partial charge in [0.2, 0.25) is 0 Å². The lowest BCUT2D eigenvalue weighted by atomic mass is 9.90. The highest BCUT2D eigenvalue weighted by Crippen LogP contribution is 2.23. The van der Waals surface area contributed by atoms with E-state index in [9.17, 15) is 9.90 Å². The molecule has 0 aliphatic heterocycles. The summed E-state index contributed by atoms with van der Waals surface area (Å²) < 4.78 is 0. The molecule has 0 heterocycles. The Morgan fingerprint density at radius 3 is 2.58 bits per heavy atom. The molecule has 1 atom stereocenters. The minimum atomic E-state index is -0.803. The van der Waals surface area contributed by atoms with Crippen molar-refractivity contribution in [3.05, 3.63) is 34.9 Å². The summed E-state index contributed by atoms with van der Waals surface area (Å²) in [5.74, 6) is 0.0635. The van der Waals surface area contributed by atoms with Gasteiger partial charge in [-0.15, -0.1) is 0 Å². The number of hydrogen-bond acceptors (Lipinski definition) is 2. The van der Waals surface area contributed by atoms with E-state index in [0.717, 1.165) is 24.8 Å². The summed E-state index contributed by atoms with van der Waals surface area (Å²) in [4.78, 5) is 12.1. The van der Waals surface area contributed by atoms with E-state index < -0.39 is 6.10 Å². The standard InChI is InChI=1S/C17H24O2/c1-3-13(4-2)17(19)16(18)11-12-8-9-14-6-5-7-15(14)10-12/h8-10,13,17,19H,3-7,11H2,1-2H3. The van der Waals surface area contributed by atoms with E-state index in [-0.39, 0.29) is 11.7 Å². The number of rotatable bonds is 6. The van der Waals surface area contributed by atoms with Crippen LogP contribution in [0.3, 0.4) is 0 Å². The van der Waals surface area contributed by atoms with Gasteiger partial charge in [0.05, 0.1) is 0 Å². The molecule has 104 valence electrons. The number of carbonyl (C=O) groups is 1. The summed E-state index contributed by atoms with van der Waals surface area (Å²) >= 11 is 0. The van der Waals surface area contributed by atoms with Gasteiger partial charge < -0.3 is 5.11 Å². The molecule has 1 unspecified atom stereocenters. The van der Waals surface area contributed by atoms with Gasteiger partial charge >= 0.3 is 0 Å². The second kappa shape index (κ2) is 6.33. The van der Waals surface area contributed by atoms with Crippen LogP contribution < -0.4 is 0 Å². The first-order chi connectivity index (χ1) is 9.15. The van der Waals surface area contributed by atoms with Crippen molar-refractivity contribution in [2.45, 2.75) is 58.5 Å². The van der Waals surface area contributed by atoms with Gasteiger partial charge in [-0.1, -0.05) is 44.9 Å². The predicted octanol–water partition coefficient (Wildman–Crippen LogP) is 3.08. The molecule has 19 heavy (non-hydrogen) atoms. The van der Waals surface area contributed by atoms with Gasteiger partial charge in [0.1, 0.15) is 6.10 Å². The summed E-state index contributed by atoms with van der Waals surface area (Å²) in [7, 11) is 0. The lowest BCUT2D eigenvalue weighted by Gasteiger charge is -2.18. The van der Waals surface area contributed by atoms with Crippen LogP contribution in [0.4, 0.5) is 0 Å². The van der Waals surface area contributed by atoms with Gasteiger partial charge in [-0.25, -0.2) is 0 Å². The van der Waals surface area contributed by atoms with E-state index in [1.54, 1.807) is 0 Å². The van der Waals surface area contributed by atoms with Gasteiger partial charge in [0.25, 0.3) is 0 Å². The Morgan fingerprint density at radius 1 is 1.21 bits per heavy atom. The van der Waals surface area contributed by atoms with E-state index in [0.29, 0.717) is 6.42 Å². The SMILES string of the molecule is CCC(CC)C(O)C(=O)Cc1ccc2c(c1)CCC2. The summed E-state index contributed by atoms with van der Waals surface area (Å²) in [6, 6.07) is 6.34. The van der Waals surface area contributed by atoms with Crippen molar-refractivity contribution in [2.75, 3.05) is 0 Å². The molecule has 0 amide bonds. The molecule has 0 aromatic heterocycles. The van der Waals surface area contributed by atoms with Crippen molar-refractivity contribution in [1.29, 1.82) is 0 Å². The Kier molecular flexibility index (Phi) is 4.76. The first-order valence-electron chi connectivity index (χ1n) is 7.47. The van der Waals surface area contributed by atoms with Crippen molar-refractivity contribution in [3.63, 3.8) is 0 Å². The summed E-state index contributed by atoms with van der Waals surface area (Å²) in [6.45, 7) is 4.06.